The fourth-order valence-electron chi connectivity index (χ4n) is 5.68. The lowest BCUT2D eigenvalue weighted by Crippen LogP contribution is -2.01. The molecule has 0 radical (unpaired) electrons. The number of aromatic nitrogens is 3. The smallest absolute Gasteiger partial charge is 0.200 e. The van der Waals surface area contributed by atoms with E-state index >= 15 is 0 Å². The molecule has 5 heteroatoms. The number of nitrogens with zero attached hydrogens (tertiary/aromatic N) is 3. The standard InChI is InChI=1S/C40H25N3O2/c44-37-33-17-9-10-18-35(33)45-36-25-30(23-24-34(36)37)26-19-21-27(22-20-26)31-15-7-8-16-32(31)40-42-38(28-11-3-1-4-12-28)41-39(43-40)29-13-5-2-6-14-29/h1-25H. The number of hydrogen-bond donors (Lipinski definition) is 0. The van der Waals surface area contributed by atoms with Crippen molar-refractivity contribution >= 4 is 21.9 Å². The number of para-hydroxylation sites is 1. The maximum absolute atomic E-state index is 13.0. The second-order valence-electron chi connectivity index (χ2n) is 10.8. The van der Waals surface area contributed by atoms with Crippen LogP contribution in [0.2, 0.25) is 0 Å². The number of hydrogen-bond acceptors (Lipinski definition) is 5. The lowest BCUT2D eigenvalue weighted by Gasteiger charge is -2.12. The monoisotopic (exact) mass is 579 g/mol. The van der Waals surface area contributed by atoms with Crippen molar-refractivity contribution in [3.63, 3.8) is 0 Å². The van der Waals surface area contributed by atoms with Gasteiger partial charge in [0, 0.05) is 16.7 Å². The van der Waals surface area contributed by atoms with Crippen LogP contribution in [0.15, 0.2) is 161 Å². The van der Waals surface area contributed by atoms with Gasteiger partial charge >= 0.3 is 0 Å². The molecule has 6 aromatic carbocycles. The minimum atomic E-state index is -0.0190. The Balaban J connectivity index is 1.20. The topological polar surface area (TPSA) is 68.9 Å². The lowest BCUT2D eigenvalue weighted by molar-refractivity contribution is 0.660. The Morgan fingerprint density at radius 1 is 0.378 bits per heavy atom. The maximum atomic E-state index is 13.0. The van der Waals surface area contributed by atoms with Crippen molar-refractivity contribution in [1.29, 1.82) is 0 Å². The fraction of sp³-hybridized carbons (Fsp3) is 0. The molecule has 0 fully saturated rings. The summed E-state index contributed by atoms with van der Waals surface area (Å²) in [4.78, 5) is 27.8. The van der Waals surface area contributed by atoms with Gasteiger partial charge < -0.3 is 4.42 Å². The number of rotatable bonds is 5. The molecule has 2 heterocycles. The van der Waals surface area contributed by atoms with E-state index in [4.69, 9.17) is 19.4 Å². The average molecular weight is 580 g/mol. The minimum absolute atomic E-state index is 0.0190. The molecule has 0 unspecified atom stereocenters. The van der Waals surface area contributed by atoms with E-state index in [2.05, 4.69) is 36.4 Å². The molecule has 8 rings (SSSR count). The van der Waals surface area contributed by atoms with Crippen LogP contribution < -0.4 is 5.43 Å². The first-order chi connectivity index (χ1) is 22.2. The molecule has 0 amide bonds. The minimum Gasteiger partial charge on any atom is -0.456 e. The molecule has 45 heavy (non-hydrogen) atoms. The second kappa shape index (κ2) is 11.1. The van der Waals surface area contributed by atoms with Crippen molar-refractivity contribution in [2.24, 2.45) is 0 Å². The van der Waals surface area contributed by atoms with Crippen LogP contribution in [0.1, 0.15) is 0 Å². The van der Waals surface area contributed by atoms with Gasteiger partial charge in [-0.1, -0.05) is 127 Å². The predicted octanol–water partition coefficient (Wildman–Crippen LogP) is 9.47. The van der Waals surface area contributed by atoms with Crippen LogP contribution in [0.3, 0.4) is 0 Å². The van der Waals surface area contributed by atoms with Gasteiger partial charge in [0.1, 0.15) is 11.2 Å². The second-order valence-corrected chi connectivity index (χ2v) is 10.8. The van der Waals surface area contributed by atoms with E-state index in [1.54, 1.807) is 6.07 Å². The predicted molar refractivity (Wildman–Crippen MR) is 181 cm³/mol. The van der Waals surface area contributed by atoms with Gasteiger partial charge in [0.05, 0.1) is 10.8 Å². The van der Waals surface area contributed by atoms with Gasteiger partial charge in [0.2, 0.25) is 5.43 Å². The Morgan fingerprint density at radius 2 is 0.889 bits per heavy atom. The summed E-state index contributed by atoms with van der Waals surface area (Å²) >= 11 is 0. The van der Waals surface area contributed by atoms with E-state index in [9.17, 15) is 4.79 Å². The van der Waals surface area contributed by atoms with Crippen LogP contribution in [0.25, 0.3) is 78.4 Å². The van der Waals surface area contributed by atoms with Crippen molar-refractivity contribution in [2.75, 3.05) is 0 Å². The zero-order chi connectivity index (χ0) is 30.2. The van der Waals surface area contributed by atoms with Crippen LogP contribution >= 0.6 is 0 Å². The van der Waals surface area contributed by atoms with E-state index in [0.717, 1.165) is 38.9 Å². The van der Waals surface area contributed by atoms with Crippen molar-refractivity contribution in [2.45, 2.75) is 0 Å². The van der Waals surface area contributed by atoms with E-state index in [1.807, 2.05) is 109 Å². The number of fused-ring (bicyclic) bond motifs is 2. The highest BCUT2D eigenvalue weighted by Gasteiger charge is 2.16. The summed E-state index contributed by atoms with van der Waals surface area (Å²) in [5, 5.41) is 1.16. The summed E-state index contributed by atoms with van der Waals surface area (Å²) in [6, 6.07) is 49.6. The summed E-state index contributed by atoms with van der Waals surface area (Å²) in [5.41, 5.74) is 7.96. The van der Waals surface area contributed by atoms with Gasteiger partial charge in [-0.2, -0.15) is 0 Å². The van der Waals surface area contributed by atoms with Crippen molar-refractivity contribution in [1.82, 2.24) is 15.0 Å². The average Bonchev–Trinajstić information content (AvgIpc) is 3.12. The van der Waals surface area contributed by atoms with Crippen molar-refractivity contribution in [3.05, 3.63) is 162 Å². The first kappa shape index (κ1) is 26.4. The largest absolute Gasteiger partial charge is 0.456 e. The molecule has 5 nitrogen and oxygen atoms in total. The van der Waals surface area contributed by atoms with E-state index in [0.29, 0.717) is 39.4 Å². The normalized spacial score (nSPS) is 11.2. The highest BCUT2D eigenvalue weighted by atomic mass is 16.3. The highest BCUT2D eigenvalue weighted by Crippen LogP contribution is 2.34. The first-order valence-electron chi connectivity index (χ1n) is 14.7. The van der Waals surface area contributed by atoms with Crippen LogP contribution in [-0.2, 0) is 0 Å². The third kappa shape index (κ3) is 4.96. The summed E-state index contributed by atoms with van der Waals surface area (Å²) < 4.78 is 6.11. The quantitative estimate of drug-likeness (QED) is 0.190. The van der Waals surface area contributed by atoms with Crippen molar-refractivity contribution < 1.29 is 4.42 Å². The molecule has 0 N–H and O–H groups in total. The summed E-state index contributed by atoms with van der Waals surface area (Å²) in [5.74, 6) is 1.86. The summed E-state index contributed by atoms with van der Waals surface area (Å²) in [7, 11) is 0. The molecule has 2 aromatic heterocycles. The Labute approximate surface area is 259 Å². The molecule has 0 bridgehead atoms. The van der Waals surface area contributed by atoms with Gasteiger partial charge in [0.25, 0.3) is 0 Å². The van der Waals surface area contributed by atoms with E-state index < -0.39 is 0 Å². The molecule has 0 saturated heterocycles. The zero-order valence-corrected chi connectivity index (χ0v) is 24.1. The SMILES string of the molecule is O=c1c2ccccc2oc2cc(-c3ccc(-c4ccccc4-c4nc(-c5ccccc5)nc(-c5ccccc5)n4)cc3)ccc12. The van der Waals surface area contributed by atoms with Gasteiger partial charge in [-0.3, -0.25) is 4.79 Å². The first-order valence-corrected chi connectivity index (χ1v) is 14.7. The highest BCUT2D eigenvalue weighted by molar-refractivity contribution is 5.92. The van der Waals surface area contributed by atoms with Gasteiger partial charge in [-0.15, -0.1) is 0 Å². The van der Waals surface area contributed by atoms with Gasteiger partial charge in [-0.05, 0) is 46.5 Å². The van der Waals surface area contributed by atoms with Crippen molar-refractivity contribution in [3.8, 4) is 56.4 Å². The molecule has 0 aliphatic carbocycles. The third-order valence-corrected chi connectivity index (χ3v) is 7.97. The van der Waals surface area contributed by atoms with Crippen LogP contribution in [0, 0.1) is 0 Å². The molecule has 0 spiro atoms. The summed E-state index contributed by atoms with van der Waals surface area (Å²) in [6.45, 7) is 0. The fourth-order valence-corrected chi connectivity index (χ4v) is 5.68. The van der Waals surface area contributed by atoms with E-state index in [-0.39, 0.29) is 5.43 Å². The summed E-state index contributed by atoms with van der Waals surface area (Å²) in [6.07, 6.45) is 0. The molecule has 0 aliphatic heterocycles. The maximum Gasteiger partial charge on any atom is 0.200 e. The lowest BCUT2D eigenvalue weighted by atomic mass is 9.96. The molecule has 0 saturated carbocycles. The Hall–Kier alpha value is -6.20. The molecule has 0 aliphatic rings. The molecular formula is C40H25N3O2. The third-order valence-electron chi connectivity index (χ3n) is 7.97. The molecular weight excluding hydrogens is 554 g/mol. The molecule has 8 aromatic rings. The number of benzene rings is 6. The van der Waals surface area contributed by atoms with E-state index in [1.165, 1.54) is 0 Å². The van der Waals surface area contributed by atoms with Gasteiger partial charge in [-0.25, -0.2) is 15.0 Å². The van der Waals surface area contributed by atoms with Gasteiger partial charge in [0.15, 0.2) is 17.5 Å². The zero-order valence-electron chi connectivity index (χ0n) is 24.1. The Kier molecular flexibility index (Phi) is 6.54. The Bertz CT molecular complexity index is 2330. The molecule has 0 atom stereocenters. The van der Waals surface area contributed by atoms with Crippen LogP contribution in [0.5, 0.6) is 0 Å². The molecule has 212 valence electrons. The Morgan fingerprint density at radius 3 is 1.58 bits per heavy atom. The van der Waals surface area contributed by atoms with Crippen LogP contribution in [0.4, 0.5) is 0 Å². The van der Waals surface area contributed by atoms with Crippen LogP contribution in [-0.4, -0.2) is 15.0 Å².